The summed E-state index contributed by atoms with van der Waals surface area (Å²) in [5.41, 5.74) is 1.21. The molecule has 2 aromatic carbocycles. The van der Waals surface area contributed by atoms with Gasteiger partial charge in [0.25, 0.3) is 5.91 Å². The van der Waals surface area contributed by atoms with Crippen LogP contribution in [-0.2, 0) is 14.4 Å². The molecule has 0 bridgehead atoms. The first-order valence-electron chi connectivity index (χ1n) is 9.38. The number of aliphatic hydroxyl groups is 1. The lowest BCUT2D eigenvalue weighted by Crippen LogP contribution is -2.32. The molecular weight excluding hydrogens is 406 g/mol. The SMILES string of the molecule is O=C(O)CCCN1C(=O)C(O)=C(C(=O)/C=C/c2ccccc2)[C@H]1c1ccccc1Cl. The number of aliphatic carboxylic acids is 1. The quantitative estimate of drug-likeness (QED) is 0.618. The van der Waals surface area contributed by atoms with E-state index < -0.39 is 29.5 Å². The molecule has 0 saturated carbocycles. The molecule has 0 fully saturated rings. The molecule has 0 radical (unpaired) electrons. The van der Waals surface area contributed by atoms with Gasteiger partial charge in [0.2, 0.25) is 0 Å². The summed E-state index contributed by atoms with van der Waals surface area (Å²) in [5, 5.41) is 19.7. The van der Waals surface area contributed by atoms with Gasteiger partial charge in [0, 0.05) is 18.0 Å². The Hall–Kier alpha value is -3.38. The lowest BCUT2D eigenvalue weighted by atomic mass is 9.95. The monoisotopic (exact) mass is 425 g/mol. The van der Waals surface area contributed by atoms with Gasteiger partial charge in [-0.25, -0.2) is 0 Å². The van der Waals surface area contributed by atoms with Crippen molar-refractivity contribution in [2.45, 2.75) is 18.9 Å². The highest BCUT2D eigenvalue weighted by Gasteiger charge is 2.43. The van der Waals surface area contributed by atoms with Crippen LogP contribution >= 0.6 is 11.6 Å². The Morgan fingerprint density at radius 2 is 1.73 bits per heavy atom. The van der Waals surface area contributed by atoms with E-state index >= 15 is 0 Å². The topological polar surface area (TPSA) is 94.9 Å². The van der Waals surface area contributed by atoms with Crippen LogP contribution in [0.3, 0.4) is 0 Å². The predicted octanol–water partition coefficient (Wildman–Crippen LogP) is 4.18. The van der Waals surface area contributed by atoms with E-state index in [-0.39, 0.29) is 25.0 Å². The molecule has 0 aromatic heterocycles. The second-order valence-corrected chi connectivity index (χ2v) is 7.20. The van der Waals surface area contributed by atoms with Gasteiger partial charge in [0.1, 0.15) is 0 Å². The Balaban J connectivity index is 1.96. The summed E-state index contributed by atoms with van der Waals surface area (Å²) in [6.07, 6.45) is 2.94. The maximum atomic E-state index is 13.0. The first-order valence-corrected chi connectivity index (χ1v) is 9.75. The summed E-state index contributed by atoms with van der Waals surface area (Å²) < 4.78 is 0. The number of rotatable bonds is 8. The molecule has 0 spiro atoms. The Bertz CT molecular complexity index is 1030. The third-order valence-electron chi connectivity index (χ3n) is 4.79. The van der Waals surface area contributed by atoms with E-state index in [0.29, 0.717) is 10.6 Å². The van der Waals surface area contributed by atoms with Gasteiger partial charge in [0.05, 0.1) is 11.6 Å². The number of nitrogens with zero attached hydrogens (tertiary/aromatic N) is 1. The van der Waals surface area contributed by atoms with Crippen LogP contribution in [0.5, 0.6) is 0 Å². The Labute approximate surface area is 178 Å². The summed E-state index contributed by atoms with van der Waals surface area (Å²) in [6.45, 7) is 0.0598. The minimum atomic E-state index is -0.991. The van der Waals surface area contributed by atoms with Gasteiger partial charge in [0.15, 0.2) is 11.5 Å². The van der Waals surface area contributed by atoms with Gasteiger partial charge >= 0.3 is 5.97 Å². The first kappa shape index (κ1) is 21.3. The van der Waals surface area contributed by atoms with Crippen LogP contribution < -0.4 is 0 Å². The van der Waals surface area contributed by atoms with Crippen molar-refractivity contribution in [1.29, 1.82) is 0 Å². The van der Waals surface area contributed by atoms with Gasteiger partial charge < -0.3 is 15.1 Å². The number of amides is 1. The number of halogens is 1. The number of benzene rings is 2. The molecular formula is C23H20ClNO5. The zero-order valence-corrected chi connectivity index (χ0v) is 16.7. The number of hydrogen-bond donors (Lipinski definition) is 2. The highest BCUT2D eigenvalue weighted by molar-refractivity contribution is 6.31. The zero-order chi connectivity index (χ0) is 21.7. The average Bonchev–Trinajstić information content (AvgIpc) is 2.98. The van der Waals surface area contributed by atoms with E-state index in [1.807, 2.05) is 30.3 Å². The Kier molecular flexibility index (Phi) is 6.69. The van der Waals surface area contributed by atoms with Gasteiger partial charge in [-0.2, -0.15) is 0 Å². The zero-order valence-electron chi connectivity index (χ0n) is 16.0. The molecule has 2 N–H and O–H groups in total. The van der Waals surface area contributed by atoms with Crippen LogP contribution in [0.25, 0.3) is 6.08 Å². The average molecular weight is 426 g/mol. The normalized spacial score (nSPS) is 16.5. The van der Waals surface area contributed by atoms with E-state index in [9.17, 15) is 19.5 Å². The Morgan fingerprint density at radius 3 is 2.40 bits per heavy atom. The van der Waals surface area contributed by atoms with Crippen LogP contribution in [-0.4, -0.2) is 39.3 Å². The minimum Gasteiger partial charge on any atom is -0.503 e. The van der Waals surface area contributed by atoms with E-state index in [1.54, 1.807) is 30.3 Å². The van der Waals surface area contributed by atoms with E-state index in [0.717, 1.165) is 5.56 Å². The molecule has 1 aliphatic rings. The van der Waals surface area contributed by atoms with E-state index in [4.69, 9.17) is 16.7 Å². The minimum absolute atomic E-state index is 0.0598. The van der Waals surface area contributed by atoms with E-state index in [1.165, 1.54) is 11.0 Å². The molecule has 7 heteroatoms. The Morgan fingerprint density at radius 1 is 1.07 bits per heavy atom. The molecule has 0 unspecified atom stereocenters. The molecule has 1 atom stereocenters. The number of carboxylic acid groups (broad SMARTS) is 1. The van der Waals surface area contributed by atoms with Crippen molar-refractivity contribution in [2.75, 3.05) is 6.54 Å². The second kappa shape index (κ2) is 9.41. The number of carboxylic acids is 1. The third kappa shape index (κ3) is 4.60. The molecule has 3 rings (SSSR count). The highest BCUT2D eigenvalue weighted by Crippen LogP contribution is 2.40. The largest absolute Gasteiger partial charge is 0.503 e. The molecule has 30 heavy (non-hydrogen) atoms. The molecule has 0 saturated heterocycles. The van der Waals surface area contributed by atoms with Crippen LogP contribution in [0.1, 0.15) is 30.0 Å². The van der Waals surface area contributed by atoms with Crippen LogP contribution in [0.2, 0.25) is 5.02 Å². The van der Waals surface area contributed by atoms with Crippen LogP contribution in [0.15, 0.2) is 72.0 Å². The van der Waals surface area contributed by atoms with Crippen molar-refractivity contribution in [2.24, 2.45) is 0 Å². The van der Waals surface area contributed by atoms with Gasteiger partial charge in [-0.15, -0.1) is 0 Å². The highest BCUT2D eigenvalue weighted by atomic mass is 35.5. The number of carbonyl (C=O) groups excluding carboxylic acids is 2. The number of allylic oxidation sites excluding steroid dienone is 1. The van der Waals surface area contributed by atoms with Crippen molar-refractivity contribution in [3.05, 3.63) is 88.2 Å². The first-order chi connectivity index (χ1) is 14.4. The maximum absolute atomic E-state index is 13.0. The summed E-state index contributed by atoms with van der Waals surface area (Å²) in [6, 6.07) is 15.0. The van der Waals surface area contributed by atoms with Crippen molar-refractivity contribution < 1.29 is 24.6 Å². The lowest BCUT2D eigenvalue weighted by Gasteiger charge is -2.27. The number of aliphatic hydroxyl groups excluding tert-OH is 1. The standard InChI is InChI=1S/C23H20ClNO5/c24-17-10-5-4-9-16(17)21-20(18(26)13-12-15-7-2-1-3-8-15)22(29)23(30)25(21)14-6-11-19(27)28/h1-5,7-10,12-13,21,29H,6,11,14H2,(H,27,28)/b13-12+/t21-/m1/s1. The number of hydrogen-bond acceptors (Lipinski definition) is 4. The fourth-order valence-electron chi connectivity index (χ4n) is 3.38. The summed E-state index contributed by atoms with van der Waals surface area (Å²) >= 11 is 6.33. The van der Waals surface area contributed by atoms with Crippen molar-refractivity contribution in [3.63, 3.8) is 0 Å². The van der Waals surface area contributed by atoms with Gasteiger partial charge in [-0.3, -0.25) is 14.4 Å². The summed E-state index contributed by atoms with van der Waals surface area (Å²) in [5.74, 6) is -2.87. The maximum Gasteiger partial charge on any atom is 0.303 e. The molecule has 2 aromatic rings. The fraction of sp³-hybridized carbons (Fsp3) is 0.174. The second-order valence-electron chi connectivity index (χ2n) is 6.79. The van der Waals surface area contributed by atoms with Gasteiger partial charge in [-0.1, -0.05) is 66.2 Å². The molecule has 0 aliphatic carbocycles. The predicted molar refractivity (Wildman–Crippen MR) is 113 cm³/mol. The van der Waals surface area contributed by atoms with Gasteiger partial charge in [-0.05, 0) is 29.7 Å². The molecule has 1 amide bonds. The fourth-order valence-corrected chi connectivity index (χ4v) is 3.62. The van der Waals surface area contributed by atoms with Crippen LogP contribution in [0, 0.1) is 0 Å². The van der Waals surface area contributed by atoms with Crippen molar-refractivity contribution >= 4 is 35.3 Å². The smallest absolute Gasteiger partial charge is 0.303 e. The molecule has 1 aliphatic heterocycles. The number of ketones is 1. The number of carbonyl (C=O) groups is 3. The molecule has 154 valence electrons. The lowest BCUT2D eigenvalue weighted by molar-refractivity contribution is -0.138. The third-order valence-corrected chi connectivity index (χ3v) is 5.13. The van der Waals surface area contributed by atoms with Crippen molar-refractivity contribution in [3.8, 4) is 0 Å². The summed E-state index contributed by atoms with van der Waals surface area (Å²) in [4.78, 5) is 37.9. The molecule has 1 heterocycles. The molecule has 6 nitrogen and oxygen atoms in total. The summed E-state index contributed by atoms with van der Waals surface area (Å²) in [7, 11) is 0. The van der Waals surface area contributed by atoms with Crippen LogP contribution in [0.4, 0.5) is 0 Å². The van der Waals surface area contributed by atoms with E-state index in [2.05, 4.69) is 0 Å². The van der Waals surface area contributed by atoms with Crippen molar-refractivity contribution in [1.82, 2.24) is 4.90 Å².